The molecular weight excluding hydrogens is 467 g/mol. The number of ether oxygens (including phenoxy) is 1. The van der Waals surface area contributed by atoms with Crippen LogP contribution in [0, 0.1) is 5.82 Å². The van der Waals surface area contributed by atoms with Crippen LogP contribution in [0.25, 0.3) is 33.1 Å². The molecule has 6 nitrogen and oxygen atoms in total. The number of pyridine rings is 2. The topological polar surface area (TPSA) is 61.9 Å². The minimum atomic E-state index is -0.384. The molecule has 0 fully saturated rings. The number of unbranched alkanes of at least 4 members (excludes halogenated alkanes) is 5. The Morgan fingerprint density at radius 3 is 2.24 bits per heavy atom. The molecule has 0 radical (unpaired) electrons. The first kappa shape index (κ1) is 28.4. The number of hydrogen-bond acceptors (Lipinski definition) is 4. The maximum atomic E-state index is 14.9. The van der Waals surface area contributed by atoms with Crippen molar-refractivity contribution in [1.29, 1.82) is 0 Å². The van der Waals surface area contributed by atoms with E-state index in [2.05, 4.69) is 30.7 Å². The van der Waals surface area contributed by atoms with Crippen LogP contribution < -0.4 is 10.4 Å². The predicted molar refractivity (Wildman–Crippen MR) is 151 cm³/mol. The highest BCUT2D eigenvalue weighted by Crippen LogP contribution is 2.32. The molecule has 0 saturated heterocycles. The molecular formula is C30H41FN4O2. The van der Waals surface area contributed by atoms with Crippen LogP contribution >= 0.6 is 0 Å². The van der Waals surface area contributed by atoms with Crippen molar-refractivity contribution in [3.8, 4) is 17.0 Å². The largest absolute Gasteiger partial charge is 0.478 e. The van der Waals surface area contributed by atoms with Gasteiger partial charge < -0.3 is 4.74 Å². The van der Waals surface area contributed by atoms with Gasteiger partial charge in [0.1, 0.15) is 5.82 Å². The van der Waals surface area contributed by atoms with Gasteiger partial charge in [0.2, 0.25) is 5.88 Å². The Morgan fingerprint density at radius 1 is 0.946 bits per heavy atom. The molecule has 4 rings (SSSR count). The van der Waals surface area contributed by atoms with E-state index in [0.717, 1.165) is 29.3 Å². The summed E-state index contributed by atoms with van der Waals surface area (Å²) in [6, 6.07) is 6.68. The van der Waals surface area contributed by atoms with Gasteiger partial charge in [-0.25, -0.2) is 14.2 Å². The van der Waals surface area contributed by atoms with E-state index in [1.54, 1.807) is 46.8 Å². The van der Waals surface area contributed by atoms with Gasteiger partial charge in [-0.15, -0.1) is 0 Å². The highest BCUT2D eigenvalue weighted by Gasteiger charge is 2.18. The van der Waals surface area contributed by atoms with Crippen molar-refractivity contribution in [3.63, 3.8) is 0 Å². The molecule has 200 valence electrons. The van der Waals surface area contributed by atoms with E-state index in [1.807, 2.05) is 13.8 Å². The lowest BCUT2D eigenvalue weighted by molar-refractivity contribution is 0.298. The van der Waals surface area contributed by atoms with Gasteiger partial charge in [-0.05, 0) is 32.4 Å². The average Bonchev–Trinajstić information content (AvgIpc) is 3.15. The number of halogens is 1. The number of hydrogen-bond donors (Lipinski definition) is 0. The van der Waals surface area contributed by atoms with Crippen LogP contribution in [-0.2, 0) is 7.05 Å². The van der Waals surface area contributed by atoms with Gasteiger partial charge in [-0.2, -0.15) is 0 Å². The lowest BCUT2D eigenvalue weighted by Crippen LogP contribution is -2.23. The fourth-order valence-electron chi connectivity index (χ4n) is 4.37. The fourth-order valence-corrected chi connectivity index (χ4v) is 4.37. The lowest BCUT2D eigenvalue weighted by atomic mass is 10.0. The molecule has 0 aliphatic rings. The molecule has 0 atom stereocenters. The smallest absolute Gasteiger partial charge is 0.329 e. The number of fused-ring (bicyclic) bond motifs is 3. The fraction of sp³-hybridized carbons (Fsp3) is 0.500. The van der Waals surface area contributed by atoms with Crippen LogP contribution in [0.4, 0.5) is 4.39 Å². The summed E-state index contributed by atoms with van der Waals surface area (Å²) < 4.78 is 23.8. The number of aryl methyl sites for hydroxylation is 1. The molecule has 3 heterocycles. The van der Waals surface area contributed by atoms with Crippen molar-refractivity contribution in [3.05, 3.63) is 53.0 Å². The van der Waals surface area contributed by atoms with Gasteiger partial charge in [0.25, 0.3) is 0 Å². The maximum Gasteiger partial charge on any atom is 0.329 e. The number of rotatable bonds is 10. The van der Waals surface area contributed by atoms with Crippen LogP contribution in [-0.4, -0.2) is 25.7 Å². The normalized spacial score (nSPS) is 11.2. The van der Waals surface area contributed by atoms with Crippen molar-refractivity contribution < 1.29 is 9.13 Å². The summed E-state index contributed by atoms with van der Waals surface area (Å²) in [4.78, 5) is 21.4. The zero-order valence-electron chi connectivity index (χ0n) is 23.2. The summed E-state index contributed by atoms with van der Waals surface area (Å²) >= 11 is 0. The number of imidazole rings is 1. The predicted octanol–water partition coefficient (Wildman–Crippen LogP) is 7.83. The third-order valence-electron chi connectivity index (χ3n) is 6.52. The molecule has 4 aromatic rings. The van der Waals surface area contributed by atoms with E-state index in [4.69, 9.17) is 4.74 Å². The van der Waals surface area contributed by atoms with E-state index in [1.165, 1.54) is 38.2 Å². The average molecular weight is 509 g/mol. The highest BCUT2D eigenvalue weighted by atomic mass is 19.1. The lowest BCUT2D eigenvalue weighted by Gasteiger charge is -2.11. The third kappa shape index (κ3) is 6.56. The Bertz CT molecular complexity index is 1350. The van der Waals surface area contributed by atoms with Gasteiger partial charge in [0.15, 0.2) is 0 Å². The summed E-state index contributed by atoms with van der Waals surface area (Å²) in [5.41, 5.74) is 2.93. The number of benzene rings is 1. The van der Waals surface area contributed by atoms with Crippen LogP contribution in [0.2, 0.25) is 0 Å². The third-order valence-corrected chi connectivity index (χ3v) is 6.52. The Balaban J connectivity index is 0.000000479. The van der Waals surface area contributed by atoms with Crippen molar-refractivity contribution >= 4 is 21.9 Å². The van der Waals surface area contributed by atoms with Crippen molar-refractivity contribution in [2.24, 2.45) is 7.05 Å². The molecule has 0 aliphatic heterocycles. The summed E-state index contributed by atoms with van der Waals surface area (Å²) in [5, 5.41) is 0.735. The Labute approximate surface area is 219 Å². The first-order valence-electron chi connectivity index (χ1n) is 13.6. The van der Waals surface area contributed by atoms with Crippen molar-refractivity contribution in [2.75, 3.05) is 6.61 Å². The molecule has 0 spiro atoms. The second-order valence-corrected chi connectivity index (χ2v) is 9.79. The van der Waals surface area contributed by atoms with Gasteiger partial charge in [-0.3, -0.25) is 14.1 Å². The second-order valence-electron chi connectivity index (χ2n) is 9.79. The standard InChI is InChI=1S/C23H25FN4O2.C7H16/c1-5-6-9-30-21-8-7-15(12-26-21)16-10-17-19(11-18(16)24)25-13-20-22(17)28(14(2)3)23(29)27(20)4;1-3-5-7-6-4-2/h7-8,10-14H,5-6,9H2,1-4H3;3-7H2,1-2H3. The van der Waals surface area contributed by atoms with Crippen LogP contribution in [0.5, 0.6) is 5.88 Å². The Hall–Kier alpha value is -3.22. The summed E-state index contributed by atoms with van der Waals surface area (Å²) in [7, 11) is 1.72. The van der Waals surface area contributed by atoms with Crippen LogP contribution in [0.15, 0.2) is 41.5 Å². The van der Waals surface area contributed by atoms with E-state index >= 15 is 0 Å². The minimum absolute atomic E-state index is 0.0403. The zero-order valence-corrected chi connectivity index (χ0v) is 23.2. The highest BCUT2D eigenvalue weighted by molar-refractivity contribution is 6.04. The summed E-state index contributed by atoms with van der Waals surface area (Å²) in [5.74, 6) is 0.138. The van der Waals surface area contributed by atoms with Gasteiger partial charge >= 0.3 is 5.69 Å². The number of aromatic nitrogens is 4. The minimum Gasteiger partial charge on any atom is -0.478 e. The molecule has 0 bridgehead atoms. The van der Waals surface area contributed by atoms with E-state index < -0.39 is 0 Å². The molecule has 0 amide bonds. The summed E-state index contributed by atoms with van der Waals surface area (Å²) in [6.07, 6.45) is 12.2. The maximum absolute atomic E-state index is 14.9. The van der Waals surface area contributed by atoms with E-state index in [-0.39, 0.29) is 17.5 Å². The van der Waals surface area contributed by atoms with Crippen molar-refractivity contribution in [1.82, 2.24) is 19.1 Å². The molecule has 1 aromatic carbocycles. The Kier molecular flexibility index (Phi) is 10.2. The van der Waals surface area contributed by atoms with Gasteiger partial charge in [-0.1, -0.05) is 59.3 Å². The molecule has 7 heteroatoms. The zero-order chi connectivity index (χ0) is 26.9. The molecule has 3 aromatic heterocycles. The monoisotopic (exact) mass is 508 g/mol. The Morgan fingerprint density at radius 2 is 1.65 bits per heavy atom. The first-order valence-corrected chi connectivity index (χ1v) is 13.6. The van der Waals surface area contributed by atoms with Crippen LogP contribution in [0.3, 0.4) is 0 Å². The molecule has 0 unspecified atom stereocenters. The quantitative estimate of drug-likeness (QED) is 0.205. The van der Waals surface area contributed by atoms with Crippen molar-refractivity contribution in [2.45, 2.75) is 85.6 Å². The molecule has 0 aliphatic carbocycles. The SMILES string of the molecule is CCCCCCC.CCCCOc1ccc(-c2cc3c(cc2F)ncc2c3n(C(C)C)c(=O)n2C)cn1. The molecule has 0 N–H and O–H groups in total. The van der Waals surface area contributed by atoms with Gasteiger partial charge in [0, 0.05) is 47.9 Å². The second kappa shape index (κ2) is 13.4. The van der Waals surface area contributed by atoms with E-state index in [9.17, 15) is 9.18 Å². The first-order chi connectivity index (χ1) is 17.8. The van der Waals surface area contributed by atoms with Crippen LogP contribution in [0.1, 0.15) is 85.6 Å². The van der Waals surface area contributed by atoms with Gasteiger partial charge in [0.05, 0.1) is 29.4 Å². The molecule has 0 saturated carbocycles. The number of nitrogens with zero attached hydrogens (tertiary/aromatic N) is 4. The van der Waals surface area contributed by atoms with E-state index in [0.29, 0.717) is 29.1 Å². The summed E-state index contributed by atoms with van der Waals surface area (Å²) in [6.45, 7) is 11.1. The molecule has 37 heavy (non-hydrogen) atoms.